The number of thioether (sulfide) groups is 1. The average molecular weight is 324 g/mol. The van der Waals surface area contributed by atoms with Crippen molar-refractivity contribution in [3.8, 4) is 0 Å². The predicted molar refractivity (Wildman–Crippen MR) is 85.0 cm³/mol. The van der Waals surface area contributed by atoms with Crippen LogP contribution in [0.1, 0.15) is 12.0 Å². The molecule has 0 radical (unpaired) electrons. The highest BCUT2D eigenvalue weighted by Crippen LogP contribution is 2.19. The van der Waals surface area contributed by atoms with Crippen molar-refractivity contribution in [3.63, 3.8) is 0 Å². The monoisotopic (exact) mass is 323 g/mol. The average Bonchev–Trinajstić information content (AvgIpc) is 2.48. The molecule has 2 aromatic carbocycles. The summed E-state index contributed by atoms with van der Waals surface area (Å²) < 4.78 is 12.7. The molecule has 1 N–H and O–H groups in total. The van der Waals surface area contributed by atoms with Crippen molar-refractivity contribution in [1.82, 2.24) is 5.32 Å². The Kier molecular flexibility index (Phi) is 6.08. The van der Waals surface area contributed by atoms with Crippen LogP contribution >= 0.6 is 23.4 Å². The number of amides is 1. The number of carbonyl (C=O) groups is 1. The third-order valence-corrected chi connectivity index (χ3v) is 4.23. The third-order valence-electron chi connectivity index (χ3n) is 2.85. The van der Waals surface area contributed by atoms with Crippen LogP contribution in [-0.2, 0) is 11.3 Å². The Morgan fingerprint density at radius 2 is 1.86 bits per heavy atom. The molecule has 0 unspecified atom stereocenters. The second kappa shape index (κ2) is 8.05. The summed E-state index contributed by atoms with van der Waals surface area (Å²) in [5.74, 6) is 0.376. The largest absolute Gasteiger partial charge is 0.352 e. The van der Waals surface area contributed by atoms with E-state index in [1.54, 1.807) is 18.2 Å². The maximum Gasteiger partial charge on any atom is 0.221 e. The third kappa shape index (κ3) is 5.40. The molecule has 0 aliphatic heterocycles. The first-order valence-electron chi connectivity index (χ1n) is 6.53. The molecule has 0 saturated heterocycles. The maximum atomic E-state index is 12.7. The van der Waals surface area contributed by atoms with Crippen LogP contribution in [0.2, 0.25) is 5.02 Å². The van der Waals surface area contributed by atoms with Crippen molar-refractivity contribution in [2.24, 2.45) is 0 Å². The smallest absolute Gasteiger partial charge is 0.221 e. The van der Waals surface area contributed by atoms with Gasteiger partial charge in [-0.05, 0) is 35.9 Å². The summed E-state index contributed by atoms with van der Waals surface area (Å²) in [6.45, 7) is 0.430. The molecular formula is C16H15ClFNOS. The number of carbonyl (C=O) groups excluding carboxylic acids is 1. The summed E-state index contributed by atoms with van der Waals surface area (Å²) in [7, 11) is 0. The van der Waals surface area contributed by atoms with E-state index < -0.39 is 0 Å². The SMILES string of the molecule is O=C(CCSc1ccc(F)cc1)NCc1ccccc1Cl. The van der Waals surface area contributed by atoms with Gasteiger partial charge in [0.05, 0.1) is 0 Å². The van der Waals surface area contributed by atoms with E-state index in [4.69, 9.17) is 11.6 Å². The highest BCUT2D eigenvalue weighted by molar-refractivity contribution is 7.99. The molecule has 0 aromatic heterocycles. The lowest BCUT2D eigenvalue weighted by Gasteiger charge is -2.07. The van der Waals surface area contributed by atoms with Crippen molar-refractivity contribution in [2.45, 2.75) is 17.9 Å². The molecule has 2 nitrogen and oxygen atoms in total. The number of hydrogen-bond acceptors (Lipinski definition) is 2. The number of hydrogen-bond donors (Lipinski definition) is 1. The van der Waals surface area contributed by atoms with Gasteiger partial charge in [0.25, 0.3) is 0 Å². The molecule has 0 saturated carbocycles. The van der Waals surface area contributed by atoms with Crippen molar-refractivity contribution >= 4 is 29.3 Å². The fourth-order valence-electron chi connectivity index (χ4n) is 1.72. The van der Waals surface area contributed by atoms with Crippen LogP contribution in [0.15, 0.2) is 53.4 Å². The Morgan fingerprint density at radius 1 is 1.14 bits per heavy atom. The predicted octanol–water partition coefficient (Wildman–Crippen LogP) is 4.28. The Hall–Kier alpha value is -1.52. The van der Waals surface area contributed by atoms with E-state index in [2.05, 4.69) is 5.32 Å². The molecular weight excluding hydrogens is 309 g/mol. The molecule has 0 spiro atoms. The number of rotatable bonds is 6. The van der Waals surface area contributed by atoms with Crippen LogP contribution in [-0.4, -0.2) is 11.7 Å². The van der Waals surface area contributed by atoms with Gasteiger partial charge in [-0.1, -0.05) is 29.8 Å². The molecule has 110 valence electrons. The molecule has 2 rings (SSSR count). The van der Waals surface area contributed by atoms with Crippen molar-refractivity contribution in [2.75, 3.05) is 5.75 Å². The maximum absolute atomic E-state index is 12.7. The van der Waals surface area contributed by atoms with E-state index in [1.165, 1.54) is 23.9 Å². The Labute approximate surface area is 132 Å². The Balaban J connectivity index is 1.70. The van der Waals surface area contributed by atoms with Gasteiger partial charge in [0.2, 0.25) is 5.91 Å². The Morgan fingerprint density at radius 3 is 2.57 bits per heavy atom. The van der Waals surface area contributed by atoms with Gasteiger partial charge in [0.1, 0.15) is 5.82 Å². The molecule has 0 heterocycles. The molecule has 0 aliphatic carbocycles. The fraction of sp³-hybridized carbons (Fsp3) is 0.188. The van der Waals surface area contributed by atoms with Crippen molar-refractivity contribution < 1.29 is 9.18 Å². The van der Waals surface area contributed by atoms with E-state index >= 15 is 0 Å². The molecule has 0 aliphatic rings. The molecule has 5 heteroatoms. The topological polar surface area (TPSA) is 29.1 Å². The summed E-state index contributed by atoms with van der Waals surface area (Å²) in [5.41, 5.74) is 0.902. The van der Waals surface area contributed by atoms with E-state index in [1.807, 2.05) is 18.2 Å². The lowest BCUT2D eigenvalue weighted by Crippen LogP contribution is -2.23. The van der Waals surface area contributed by atoms with Crippen LogP contribution in [0.3, 0.4) is 0 Å². The minimum absolute atomic E-state index is 0.0236. The van der Waals surface area contributed by atoms with Gasteiger partial charge in [-0.15, -0.1) is 11.8 Å². The molecule has 2 aromatic rings. The second-order valence-electron chi connectivity index (χ2n) is 4.42. The number of benzene rings is 2. The summed E-state index contributed by atoms with van der Waals surface area (Å²) >= 11 is 7.55. The summed E-state index contributed by atoms with van der Waals surface area (Å²) in [4.78, 5) is 12.7. The minimum atomic E-state index is -0.253. The lowest BCUT2D eigenvalue weighted by atomic mass is 10.2. The van der Waals surface area contributed by atoms with Gasteiger partial charge in [-0.25, -0.2) is 4.39 Å². The van der Waals surface area contributed by atoms with Gasteiger partial charge in [0, 0.05) is 28.6 Å². The molecule has 0 atom stereocenters. The standard InChI is InChI=1S/C16H15ClFNOS/c17-15-4-2-1-3-12(15)11-19-16(20)9-10-21-14-7-5-13(18)6-8-14/h1-8H,9-11H2,(H,19,20). The van der Waals surface area contributed by atoms with E-state index in [0.717, 1.165) is 10.5 Å². The zero-order valence-electron chi connectivity index (χ0n) is 11.3. The summed E-state index contributed by atoms with van der Waals surface area (Å²) in [6.07, 6.45) is 0.409. The zero-order valence-corrected chi connectivity index (χ0v) is 12.9. The first kappa shape index (κ1) is 15.9. The van der Waals surface area contributed by atoms with Crippen LogP contribution in [0, 0.1) is 5.82 Å². The minimum Gasteiger partial charge on any atom is -0.352 e. The van der Waals surface area contributed by atoms with Gasteiger partial charge in [0.15, 0.2) is 0 Å². The van der Waals surface area contributed by atoms with E-state index in [-0.39, 0.29) is 11.7 Å². The van der Waals surface area contributed by atoms with Gasteiger partial charge >= 0.3 is 0 Å². The highest BCUT2D eigenvalue weighted by atomic mass is 35.5. The van der Waals surface area contributed by atoms with Crippen LogP contribution in [0.25, 0.3) is 0 Å². The highest BCUT2D eigenvalue weighted by Gasteiger charge is 2.04. The first-order chi connectivity index (χ1) is 10.1. The van der Waals surface area contributed by atoms with Crippen molar-refractivity contribution in [1.29, 1.82) is 0 Å². The quantitative estimate of drug-likeness (QED) is 0.804. The lowest BCUT2D eigenvalue weighted by molar-refractivity contribution is -0.120. The molecule has 1 amide bonds. The number of nitrogens with one attached hydrogen (secondary N) is 1. The zero-order chi connectivity index (χ0) is 15.1. The van der Waals surface area contributed by atoms with E-state index in [9.17, 15) is 9.18 Å². The van der Waals surface area contributed by atoms with Crippen LogP contribution in [0.4, 0.5) is 4.39 Å². The molecule has 0 fully saturated rings. The fourth-order valence-corrected chi connectivity index (χ4v) is 2.77. The van der Waals surface area contributed by atoms with Gasteiger partial charge in [-0.3, -0.25) is 4.79 Å². The van der Waals surface area contributed by atoms with Gasteiger partial charge in [-0.2, -0.15) is 0 Å². The van der Waals surface area contributed by atoms with Gasteiger partial charge < -0.3 is 5.32 Å². The Bertz CT molecular complexity index is 603. The van der Waals surface area contributed by atoms with Crippen molar-refractivity contribution in [3.05, 3.63) is 64.9 Å². The molecule has 21 heavy (non-hydrogen) atoms. The molecule has 0 bridgehead atoms. The number of halogens is 2. The summed E-state index contributed by atoms with van der Waals surface area (Å²) in [6, 6.07) is 13.7. The second-order valence-corrected chi connectivity index (χ2v) is 6.00. The first-order valence-corrected chi connectivity index (χ1v) is 7.90. The van der Waals surface area contributed by atoms with E-state index in [0.29, 0.717) is 23.7 Å². The summed E-state index contributed by atoms with van der Waals surface area (Å²) in [5, 5.41) is 3.49. The van der Waals surface area contributed by atoms with Crippen LogP contribution < -0.4 is 5.32 Å². The van der Waals surface area contributed by atoms with Crippen LogP contribution in [0.5, 0.6) is 0 Å². The normalized spacial score (nSPS) is 10.4.